The second-order valence-corrected chi connectivity index (χ2v) is 6.42. The van der Waals surface area contributed by atoms with Crippen molar-refractivity contribution in [3.05, 3.63) is 17.9 Å². The minimum absolute atomic E-state index is 0.0395. The van der Waals surface area contributed by atoms with Crippen LogP contribution in [0.2, 0.25) is 0 Å². The Hall–Kier alpha value is -1.14. The van der Waals surface area contributed by atoms with Gasteiger partial charge in [-0.1, -0.05) is 13.3 Å². The number of carbonyl (C=O) groups is 1. The summed E-state index contributed by atoms with van der Waals surface area (Å²) in [7, 11) is -3.59. The maximum Gasteiger partial charge on any atom is 0.276 e. The Labute approximate surface area is 107 Å². The van der Waals surface area contributed by atoms with E-state index in [1.807, 2.05) is 0 Å². The average molecular weight is 271 g/mol. The van der Waals surface area contributed by atoms with Gasteiger partial charge in [0.2, 0.25) is 5.09 Å². The smallest absolute Gasteiger partial charge is 0.276 e. The average Bonchev–Trinajstić information content (AvgIpc) is 2.88. The maximum absolute atomic E-state index is 12.3. The molecule has 1 unspecified atom stereocenters. The second-order valence-electron chi connectivity index (χ2n) is 4.55. The number of carbonyl (C=O) groups excluding carboxylic acids is 1. The third-order valence-corrected chi connectivity index (χ3v) is 5.11. The molecule has 1 fully saturated rings. The predicted molar refractivity (Wildman–Crippen MR) is 65.9 cm³/mol. The molecule has 5 nitrogen and oxygen atoms in total. The van der Waals surface area contributed by atoms with Crippen molar-refractivity contribution in [2.75, 3.05) is 13.1 Å². The van der Waals surface area contributed by atoms with Gasteiger partial charge in [-0.25, -0.2) is 8.42 Å². The number of furan rings is 1. The van der Waals surface area contributed by atoms with Crippen LogP contribution in [0.4, 0.5) is 0 Å². The van der Waals surface area contributed by atoms with E-state index in [0.717, 1.165) is 19.3 Å². The van der Waals surface area contributed by atoms with E-state index < -0.39 is 10.0 Å². The lowest BCUT2D eigenvalue weighted by Gasteiger charge is -2.30. The maximum atomic E-state index is 12.3. The molecular formula is C12H17NO4S. The first-order chi connectivity index (χ1) is 8.57. The van der Waals surface area contributed by atoms with E-state index in [2.05, 4.69) is 6.92 Å². The molecule has 0 N–H and O–H groups in total. The predicted octanol–water partition coefficient (Wildman–Crippen LogP) is 1.90. The fourth-order valence-corrected chi connectivity index (χ4v) is 3.71. The van der Waals surface area contributed by atoms with Gasteiger partial charge in [0.15, 0.2) is 12.0 Å². The largest absolute Gasteiger partial charge is 0.440 e. The van der Waals surface area contributed by atoms with E-state index in [-0.39, 0.29) is 10.9 Å². The molecule has 2 heterocycles. The first-order valence-corrected chi connectivity index (χ1v) is 7.57. The number of rotatable bonds is 4. The molecule has 1 aromatic rings. The lowest BCUT2D eigenvalue weighted by molar-refractivity contribution is 0.109. The molecule has 1 aromatic heterocycles. The number of aldehydes is 1. The van der Waals surface area contributed by atoms with Crippen LogP contribution in [0.25, 0.3) is 0 Å². The number of nitrogens with zero attached hydrogens (tertiary/aromatic N) is 1. The highest BCUT2D eigenvalue weighted by Gasteiger charge is 2.31. The molecule has 18 heavy (non-hydrogen) atoms. The van der Waals surface area contributed by atoms with Crippen molar-refractivity contribution in [3.63, 3.8) is 0 Å². The summed E-state index contributed by atoms with van der Waals surface area (Å²) < 4.78 is 31.1. The highest BCUT2D eigenvalue weighted by Crippen LogP contribution is 2.25. The summed E-state index contributed by atoms with van der Waals surface area (Å²) in [6.45, 7) is 3.13. The lowest BCUT2D eigenvalue weighted by Crippen LogP contribution is -2.39. The van der Waals surface area contributed by atoms with Gasteiger partial charge in [0.25, 0.3) is 10.0 Å². The Morgan fingerprint density at radius 3 is 2.89 bits per heavy atom. The normalized spacial score (nSPS) is 21.9. The van der Waals surface area contributed by atoms with Crippen LogP contribution in [0, 0.1) is 5.92 Å². The molecule has 1 saturated heterocycles. The summed E-state index contributed by atoms with van der Waals surface area (Å²) in [5.74, 6) is 0.451. The van der Waals surface area contributed by atoms with E-state index in [1.165, 1.54) is 16.4 Å². The summed E-state index contributed by atoms with van der Waals surface area (Å²) in [4.78, 5) is 10.5. The first kappa shape index (κ1) is 13.3. The molecular weight excluding hydrogens is 254 g/mol. The van der Waals surface area contributed by atoms with Crippen molar-refractivity contribution >= 4 is 16.3 Å². The molecule has 0 saturated carbocycles. The Morgan fingerprint density at radius 2 is 2.28 bits per heavy atom. The molecule has 0 amide bonds. The molecule has 2 rings (SSSR count). The van der Waals surface area contributed by atoms with Crippen LogP contribution in [0.1, 0.15) is 36.7 Å². The molecule has 1 aliphatic heterocycles. The van der Waals surface area contributed by atoms with Crippen LogP contribution in [0.5, 0.6) is 0 Å². The van der Waals surface area contributed by atoms with Crippen molar-refractivity contribution in [1.82, 2.24) is 4.31 Å². The number of hydrogen-bond donors (Lipinski definition) is 0. The van der Waals surface area contributed by atoms with Gasteiger partial charge in [-0.2, -0.15) is 4.31 Å². The van der Waals surface area contributed by atoms with E-state index in [0.29, 0.717) is 25.3 Å². The topological polar surface area (TPSA) is 67.6 Å². The van der Waals surface area contributed by atoms with Gasteiger partial charge in [0, 0.05) is 13.1 Å². The van der Waals surface area contributed by atoms with Crippen LogP contribution in [0.15, 0.2) is 21.6 Å². The van der Waals surface area contributed by atoms with Crippen LogP contribution in [-0.4, -0.2) is 32.1 Å². The third kappa shape index (κ3) is 2.49. The molecule has 0 spiro atoms. The zero-order chi connectivity index (χ0) is 13.2. The summed E-state index contributed by atoms with van der Waals surface area (Å²) in [6, 6.07) is 2.72. The van der Waals surface area contributed by atoms with E-state index >= 15 is 0 Å². The Balaban J connectivity index is 2.22. The molecule has 1 atom stereocenters. The zero-order valence-electron chi connectivity index (χ0n) is 10.3. The van der Waals surface area contributed by atoms with Gasteiger partial charge in [0.05, 0.1) is 0 Å². The fourth-order valence-electron chi connectivity index (χ4n) is 2.24. The van der Waals surface area contributed by atoms with E-state index in [1.54, 1.807) is 0 Å². The molecule has 100 valence electrons. The van der Waals surface area contributed by atoms with E-state index in [4.69, 9.17) is 4.42 Å². The minimum atomic E-state index is -3.59. The lowest BCUT2D eigenvalue weighted by atomic mass is 9.97. The zero-order valence-corrected chi connectivity index (χ0v) is 11.1. The van der Waals surface area contributed by atoms with Gasteiger partial charge in [0.1, 0.15) is 0 Å². The molecule has 6 heteroatoms. The highest BCUT2D eigenvalue weighted by molar-refractivity contribution is 7.89. The molecule has 1 aliphatic rings. The Morgan fingerprint density at radius 1 is 1.50 bits per heavy atom. The van der Waals surface area contributed by atoms with Gasteiger partial charge in [-0.05, 0) is 30.9 Å². The molecule has 0 radical (unpaired) electrons. The first-order valence-electron chi connectivity index (χ1n) is 6.13. The summed E-state index contributed by atoms with van der Waals surface area (Å²) >= 11 is 0. The Kier molecular flexibility index (Phi) is 3.87. The number of hydrogen-bond acceptors (Lipinski definition) is 4. The van der Waals surface area contributed by atoms with Gasteiger partial charge < -0.3 is 4.42 Å². The number of piperidine rings is 1. The monoisotopic (exact) mass is 271 g/mol. The molecule has 0 aliphatic carbocycles. The quantitative estimate of drug-likeness (QED) is 0.784. The Bertz CT molecular complexity index is 520. The summed E-state index contributed by atoms with van der Waals surface area (Å²) in [6.07, 6.45) is 3.42. The van der Waals surface area contributed by atoms with Gasteiger partial charge in [-0.3, -0.25) is 4.79 Å². The van der Waals surface area contributed by atoms with Crippen molar-refractivity contribution in [1.29, 1.82) is 0 Å². The van der Waals surface area contributed by atoms with Crippen molar-refractivity contribution in [3.8, 4) is 0 Å². The highest BCUT2D eigenvalue weighted by atomic mass is 32.2. The van der Waals surface area contributed by atoms with Gasteiger partial charge in [-0.15, -0.1) is 0 Å². The van der Waals surface area contributed by atoms with Crippen LogP contribution >= 0.6 is 0 Å². The van der Waals surface area contributed by atoms with Crippen molar-refractivity contribution in [2.24, 2.45) is 5.92 Å². The standard InChI is InChI=1S/C12H17NO4S/c1-2-10-4-3-7-13(8-10)18(15,16)12-6-5-11(9-14)17-12/h5-6,9-10H,2-4,7-8H2,1H3. The van der Waals surface area contributed by atoms with Crippen LogP contribution in [0.3, 0.4) is 0 Å². The molecule has 0 bridgehead atoms. The van der Waals surface area contributed by atoms with Crippen LogP contribution in [-0.2, 0) is 10.0 Å². The summed E-state index contributed by atoms with van der Waals surface area (Å²) in [5, 5.41) is -0.138. The molecule has 0 aromatic carbocycles. The number of sulfonamides is 1. The minimum Gasteiger partial charge on any atom is -0.440 e. The van der Waals surface area contributed by atoms with Crippen molar-refractivity contribution in [2.45, 2.75) is 31.3 Å². The van der Waals surface area contributed by atoms with E-state index in [9.17, 15) is 13.2 Å². The SMILES string of the molecule is CCC1CCCN(S(=O)(=O)c2ccc(C=O)o2)C1. The van der Waals surface area contributed by atoms with Gasteiger partial charge >= 0.3 is 0 Å². The third-order valence-electron chi connectivity index (χ3n) is 3.37. The fraction of sp³-hybridized carbons (Fsp3) is 0.583. The summed E-state index contributed by atoms with van der Waals surface area (Å²) in [5.41, 5.74) is 0. The second kappa shape index (κ2) is 5.24. The van der Waals surface area contributed by atoms with Crippen molar-refractivity contribution < 1.29 is 17.6 Å². The van der Waals surface area contributed by atoms with Crippen LogP contribution < -0.4 is 0 Å².